The van der Waals surface area contributed by atoms with Gasteiger partial charge >= 0.3 is 0 Å². The van der Waals surface area contributed by atoms with Gasteiger partial charge in [0.1, 0.15) is 20.8 Å². The quantitative estimate of drug-likeness (QED) is 0.310. The molecule has 0 N–H and O–H groups in total. The normalized spacial score (nSPS) is 19.9. The van der Waals surface area contributed by atoms with E-state index >= 15 is 0 Å². The third kappa shape index (κ3) is 4.42. The van der Waals surface area contributed by atoms with Crippen LogP contribution in [0.3, 0.4) is 0 Å². The maximum atomic E-state index is 13.6. The number of para-hydroxylation sites is 1. The van der Waals surface area contributed by atoms with Crippen molar-refractivity contribution in [3.8, 4) is 0 Å². The lowest BCUT2D eigenvalue weighted by Crippen LogP contribution is -3.00. The summed E-state index contributed by atoms with van der Waals surface area (Å²) in [6, 6.07) is 14.5. The number of benzene rings is 1. The molecule has 1 aromatic carbocycles. The molecule has 32 heavy (non-hydrogen) atoms. The molecule has 1 unspecified atom stereocenters. The largest absolute Gasteiger partial charge is 1.00 e. The number of thioether (sulfide) groups is 1. The Kier molecular flexibility index (Phi) is 7.44. The molecule has 8 heteroatoms. The van der Waals surface area contributed by atoms with Crippen molar-refractivity contribution in [2.24, 2.45) is 0 Å². The van der Waals surface area contributed by atoms with E-state index in [4.69, 9.17) is 4.74 Å². The van der Waals surface area contributed by atoms with Gasteiger partial charge in [-0.1, -0.05) is 23.9 Å². The van der Waals surface area contributed by atoms with Gasteiger partial charge in [0, 0.05) is 36.8 Å². The van der Waals surface area contributed by atoms with Crippen LogP contribution in [-0.2, 0) is 17.8 Å². The van der Waals surface area contributed by atoms with Gasteiger partial charge in [-0.25, -0.2) is 0 Å². The molecule has 0 bridgehead atoms. The van der Waals surface area contributed by atoms with Gasteiger partial charge in [-0.2, -0.15) is 4.57 Å². The van der Waals surface area contributed by atoms with Gasteiger partial charge in [-0.3, -0.25) is 9.36 Å². The molecule has 0 aliphatic carbocycles. The number of pyridine rings is 1. The van der Waals surface area contributed by atoms with Crippen molar-refractivity contribution in [3.05, 3.63) is 73.9 Å². The fourth-order valence-corrected chi connectivity index (χ4v) is 6.58. The zero-order chi connectivity index (χ0) is 21.4. The number of nitrogens with zero attached hydrogens (tertiary/aromatic N) is 3. The number of fused-ring (bicyclic) bond motifs is 1. The SMILES string of the molecule is CC[n+]1ccccc1/C=c1\s/c(=C2\Sc3ccccc3N2C)c(=O)n1CC1CCCO1.[I-]. The average molecular weight is 580 g/mol. The molecule has 0 spiro atoms. The molecule has 168 valence electrons. The van der Waals surface area contributed by atoms with Gasteiger partial charge in [0.15, 0.2) is 6.20 Å². The van der Waals surface area contributed by atoms with Gasteiger partial charge in [0.2, 0.25) is 5.69 Å². The summed E-state index contributed by atoms with van der Waals surface area (Å²) in [6.07, 6.45) is 6.40. The average Bonchev–Trinajstić information content (AvgIpc) is 3.50. The molecule has 2 aliphatic rings. The third-order valence-electron chi connectivity index (χ3n) is 5.84. The highest BCUT2D eigenvalue weighted by molar-refractivity contribution is 8.08. The Morgan fingerprint density at radius 1 is 1.22 bits per heavy atom. The number of aromatic nitrogens is 2. The lowest BCUT2D eigenvalue weighted by Gasteiger charge is -2.12. The molecule has 0 saturated carbocycles. The van der Waals surface area contributed by atoms with Gasteiger partial charge in [-0.05, 0) is 38.0 Å². The maximum Gasteiger partial charge on any atom is 0.271 e. The van der Waals surface area contributed by atoms with Gasteiger partial charge < -0.3 is 33.6 Å². The first kappa shape index (κ1) is 23.5. The fraction of sp³-hybridized carbons (Fsp3) is 0.333. The second-order valence-electron chi connectivity index (χ2n) is 7.81. The van der Waals surface area contributed by atoms with Crippen molar-refractivity contribution >= 4 is 39.9 Å². The summed E-state index contributed by atoms with van der Waals surface area (Å²) >= 11 is 3.26. The Hall–Kier alpha value is -1.62. The highest BCUT2D eigenvalue weighted by Crippen LogP contribution is 2.44. The van der Waals surface area contributed by atoms with Crippen LogP contribution in [0.4, 0.5) is 5.69 Å². The van der Waals surface area contributed by atoms with Crippen LogP contribution in [0, 0.1) is 0 Å². The number of ether oxygens (including phenoxy) is 1. The molecule has 1 saturated heterocycles. The van der Waals surface area contributed by atoms with Crippen LogP contribution in [-0.4, -0.2) is 24.3 Å². The summed E-state index contributed by atoms with van der Waals surface area (Å²) in [4.78, 5) is 17.0. The molecular weight excluding hydrogens is 553 g/mol. The van der Waals surface area contributed by atoms with E-state index in [1.165, 1.54) is 4.90 Å². The second-order valence-corrected chi connectivity index (χ2v) is 9.87. The van der Waals surface area contributed by atoms with Gasteiger partial charge in [0.25, 0.3) is 5.56 Å². The van der Waals surface area contributed by atoms with Gasteiger partial charge in [-0.15, -0.1) is 11.3 Å². The Bertz CT molecular complexity index is 1300. The second kappa shape index (κ2) is 10.1. The van der Waals surface area contributed by atoms with E-state index in [0.717, 1.165) is 51.6 Å². The zero-order valence-corrected chi connectivity index (χ0v) is 22.0. The number of aryl methyl sites for hydroxylation is 1. The van der Waals surface area contributed by atoms with E-state index in [-0.39, 0.29) is 35.6 Å². The summed E-state index contributed by atoms with van der Waals surface area (Å²) in [6.45, 7) is 4.41. The van der Waals surface area contributed by atoms with E-state index in [1.54, 1.807) is 23.1 Å². The number of hydrogen-bond acceptors (Lipinski definition) is 5. The fourth-order valence-electron chi connectivity index (χ4n) is 4.17. The van der Waals surface area contributed by atoms with Crippen LogP contribution in [0.5, 0.6) is 0 Å². The van der Waals surface area contributed by atoms with E-state index in [0.29, 0.717) is 6.54 Å². The van der Waals surface area contributed by atoms with Crippen molar-refractivity contribution < 1.29 is 33.3 Å². The summed E-state index contributed by atoms with van der Waals surface area (Å²) in [5, 5.41) is 1.01. The maximum absolute atomic E-state index is 13.6. The molecule has 0 amide bonds. The van der Waals surface area contributed by atoms with Gasteiger partial charge in [0.05, 0.1) is 18.3 Å². The van der Waals surface area contributed by atoms with Crippen LogP contribution in [0.1, 0.15) is 25.5 Å². The van der Waals surface area contributed by atoms with Crippen molar-refractivity contribution in [2.75, 3.05) is 18.6 Å². The molecule has 5 nitrogen and oxygen atoms in total. The lowest BCUT2D eigenvalue weighted by atomic mass is 10.2. The smallest absolute Gasteiger partial charge is 0.271 e. The summed E-state index contributed by atoms with van der Waals surface area (Å²) in [5.74, 6) is 0. The van der Waals surface area contributed by atoms with Crippen molar-refractivity contribution in [3.63, 3.8) is 0 Å². The zero-order valence-electron chi connectivity index (χ0n) is 18.2. The molecule has 5 rings (SSSR count). The number of hydrogen-bond donors (Lipinski definition) is 0. The Morgan fingerprint density at radius 3 is 2.78 bits per heavy atom. The van der Waals surface area contributed by atoms with E-state index in [2.05, 4.69) is 46.9 Å². The third-order valence-corrected chi connectivity index (χ3v) is 8.33. The number of thiazole rings is 1. The predicted octanol–water partition coefficient (Wildman–Crippen LogP) is -0.463. The number of rotatable bonds is 4. The van der Waals surface area contributed by atoms with E-state index in [9.17, 15) is 4.79 Å². The van der Waals surface area contributed by atoms with Crippen LogP contribution in [0.25, 0.3) is 11.1 Å². The Balaban J connectivity index is 0.00000245. The first-order valence-corrected chi connectivity index (χ1v) is 12.4. The molecule has 4 heterocycles. The number of halogens is 1. The lowest BCUT2D eigenvalue weighted by molar-refractivity contribution is -0.695. The van der Waals surface area contributed by atoms with E-state index < -0.39 is 0 Å². The predicted molar refractivity (Wildman–Crippen MR) is 127 cm³/mol. The minimum Gasteiger partial charge on any atom is -1.00 e. The summed E-state index contributed by atoms with van der Waals surface area (Å²) < 4.78 is 11.8. The summed E-state index contributed by atoms with van der Waals surface area (Å²) in [5.41, 5.74) is 2.32. The highest BCUT2D eigenvalue weighted by atomic mass is 127. The topological polar surface area (TPSA) is 38.4 Å². The summed E-state index contributed by atoms with van der Waals surface area (Å²) in [7, 11) is 2.05. The first-order valence-electron chi connectivity index (χ1n) is 10.7. The van der Waals surface area contributed by atoms with E-state index in [1.807, 2.05) is 35.9 Å². The molecule has 3 aromatic rings. The molecule has 2 aromatic heterocycles. The molecule has 1 atom stereocenters. The van der Waals surface area contributed by atoms with Crippen molar-refractivity contribution in [1.29, 1.82) is 0 Å². The number of anilines is 1. The standard InChI is InChI=1S/C24H26N3O2S2.HI/c1-3-26-13-7-6-9-17(26)15-21-27(16-18-10-8-14-29-18)23(28)22(31-21)24-25(2)19-11-4-5-12-20(19)30-24;/h4-7,9,11-13,15,18H,3,8,10,14,16H2,1-2H3;1H/q+1;/p-1/b24-22-;. The highest BCUT2D eigenvalue weighted by Gasteiger charge is 2.25. The van der Waals surface area contributed by atoms with Crippen molar-refractivity contribution in [1.82, 2.24) is 4.57 Å². The molecular formula is C24H26IN3O2S2. The monoisotopic (exact) mass is 579 g/mol. The van der Waals surface area contributed by atoms with Crippen molar-refractivity contribution in [2.45, 2.75) is 43.9 Å². The first-order chi connectivity index (χ1) is 15.2. The Morgan fingerprint density at radius 2 is 2.03 bits per heavy atom. The minimum atomic E-state index is 0. The van der Waals surface area contributed by atoms with Crippen LogP contribution in [0.15, 0.2) is 58.4 Å². The molecule has 1 fully saturated rings. The van der Waals surface area contributed by atoms with Crippen LogP contribution >= 0.6 is 23.1 Å². The molecule has 0 radical (unpaired) electrons. The van der Waals surface area contributed by atoms with Crippen LogP contribution < -0.4 is 48.2 Å². The minimum absolute atomic E-state index is 0. The molecule has 2 aliphatic heterocycles. The Labute approximate surface area is 213 Å². The van der Waals surface area contributed by atoms with Crippen LogP contribution in [0.2, 0.25) is 0 Å².